The van der Waals surface area contributed by atoms with Gasteiger partial charge < -0.3 is 15.8 Å². The van der Waals surface area contributed by atoms with E-state index < -0.39 is 5.41 Å². The summed E-state index contributed by atoms with van der Waals surface area (Å²) in [5, 5.41) is 2.97. The first-order valence-electron chi connectivity index (χ1n) is 6.43. The number of aryl methyl sites for hydroxylation is 1. The topological polar surface area (TPSA) is 64.4 Å². The number of rotatable bonds is 3. The zero-order valence-electron chi connectivity index (χ0n) is 11.0. The number of ether oxygens (including phenoxy) is 1. The zero-order valence-corrected chi connectivity index (χ0v) is 12.6. The number of hydrogen-bond donors (Lipinski definition) is 2. The van der Waals surface area contributed by atoms with Crippen molar-refractivity contribution in [1.82, 2.24) is 0 Å². The summed E-state index contributed by atoms with van der Waals surface area (Å²) in [5.74, 6) is -0.00551. The number of carbonyl (C=O) groups is 1. The van der Waals surface area contributed by atoms with Crippen LogP contribution in [0.5, 0.6) is 0 Å². The van der Waals surface area contributed by atoms with Crippen LogP contribution in [0, 0.1) is 12.3 Å². The first-order chi connectivity index (χ1) is 9.07. The molecule has 5 heteroatoms. The Morgan fingerprint density at radius 2 is 2.16 bits per heavy atom. The minimum Gasteiger partial charge on any atom is -0.381 e. The fourth-order valence-corrected chi connectivity index (χ4v) is 2.60. The highest BCUT2D eigenvalue weighted by molar-refractivity contribution is 9.10. The number of anilines is 1. The van der Waals surface area contributed by atoms with Crippen LogP contribution < -0.4 is 11.1 Å². The summed E-state index contributed by atoms with van der Waals surface area (Å²) in [5.41, 5.74) is 7.26. The number of carbonyl (C=O) groups excluding carboxylic acids is 1. The molecule has 1 amide bonds. The maximum atomic E-state index is 12.5. The van der Waals surface area contributed by atoms with Crippen molar-refractivity contribution in [3.8, 4) is 0 Å². The van der Waals surface area contributed by atoms with Crippen LogP contribution in [0.2, 0.25) is 0 Å². The molecule has 19 heavy (non-hydrogen) atoms. The number of halogens is 1. The van der Waals surface area contributed by atoms with E-state index in [1.54, 1.807) is 0 Å². The van der Waals surface area contributed by atoms with Crippen LogP contribution in [0.1, 0.15) is 18.4 Å². The highest BCUT2D eigenvalue weighted by Gasteiger charge is 2.38. The fourth-order valence-electron chi connectivity index (χ4n) is 2.22. The summed E-state index contributed by atoms with van der Waals surface area (Å²) < 4.78 is 6.30. The minimum atomic E-state index is -0.490. The predicted octanol–water partition coefficient (Wildman–Crippen LogP) is 2.45. The second kappa shape index (κ2) is 6.03. The predicted molar refractivity (Wildman–Crippen MR) is 79.0 cm³/mol. The lowest BCUT2D eigenvalue weighted by molar-refractivity contribution is -0.130. The van der Waals surface area contributed by atoms with Crippen LogP contribution in [0.4, 0.5) is 5.69 Å². The van der Waals surface area contributed by atoms with Gasteiger partial charge in [0.25, 0.3) is 0 Å². The molecule has 1 aliphatic heterocycles. The van der Waals surface area contributed by atoms with Gasteiger partial charge in [0.2, 0.25) is 5.91 Å². The Morgan fingerprint density at radius 3 is 2.74 bits per heavy atom. The molecule has 104 valence electrons. The van der Waals surface area contributed by atoms with Gasteiger partial charge in [0, 0.05) is 29.9 Å². The van der Waals surface area contributed by atoms with Gasteiger partial charge >= 0.3 is 0 Å². The summed E-state index contributed by atoms with van der Waals surface area (Å²) in [6, 6.07) is 5.79. The molecule has 2 rings (SSSR count). The summed E-state index contributed by atoms with van der Waals surface area (Å²) in [4.78, 5) is 12.5. The van der Waals surface area contributed by atoms with Crippen molar-refractivity contribution >= 4 is 27.5 Å². The molecule has 1 saturated heterocycles. The molecule has 4 nitrogen and oxygen atoms in total. The molecule has 0 unspecified atom stereocenters. The van der Waals surface area contributed by atoms with Crippen molar-refractivity contribution in [2.75, 3.05) is 25.1 Å². The summed E-state index contributed by atoms with van der Waals surface area (Å²) in [6.45, 7) is 3.56. The molecule has 1 heterocycles. The molecular formula is C14H19BrN2O2. The Hall–Kier alpha value is -0.910. The molecule has 0 spiro atoms. The Labute approximate surface area is 121 Å². The van der Waals surface area contributed by atoms with Crippen molar-refractivity contribution < 1.29 is 9.53 Å². The van der Waals surface area contributed by atoms with Crippen molar-refractivity contribution in [3.05, 3.63) is 28.2 Å². The third kappa shape index (κ3) is 3.16. The number of amides is 1. The standard InChI is InChI=1S/C14H19BrN2O2/c1-10-2-3-11(8-12(10)15)17-13(18)14(9-16)4-6-19-7-5-14/h2-3,8H,4-7,9,16H2,1H3,(H,17,18). The molecule has 0 radical (unpaired) electrons. The van der Waals surface area contributed by atoms with Crippen LogP contribution in [-0.2, 0) is 9.53 Å². The molecule has 1 aromatic rings. The second-order valence-corrected chi connectivity index (χ2v) is 5.87. The van der Waals surface area contributed by atoms with Crippen molar-refractivity contribution in [1.29, 1.82) is 0 Å². The van der Waals surface area contributed by atoms with Crippen molar-refractivity contribution in [2.24, 2.45) is 11.1 Å². The van der Waals surface area contributed by atoms with E-state index in [0.717, 1.165) is 15.7 Å². The Balaban J connectivity index is 2.12. The van der Waals surface area contributed by atoms with E-state index in [-0.39, 0.29) is 5.91 Å². The molecule has 1 fully saturated rings. The zero-order chi connectivity index (χ0) is 13.9. The molecule has 0 aliphatic carbocycles. The van der Waals surface area contributed by atoms with E-state index in [9.17, 15) is 4.79 Å². The average Bonchev–Trinajstić information content (AvgIpc) is 2.43. The van der Waals surface area contributed by atoms with Crippen molar-refractivity contribution in [2.45, 2.75) is 19.8 Å². The van der Waals surface area contributed by atoms with Gasteiger partial charge in [-0.1, -0.05) is 22.0 Å². The first-order valence-corrected chi connectivity index (χ1v) is 7.22. The maximum absolute atomic E-state index is 12.5. The number of nitrogens with one attached hydrogen (secondary N) is 1. The lowest BCUT2D eigenvalue weighted by Gasteiger charge is -2.34. The molecule has 1 aliphatic rings. The van der Waals surface area contributed by atoms with Crippen molar-refractivity contribution in [3.63, 3.8) is 0 Å². The third-order valence-corrected chi connectivity index (χ3v) is 4.61. The molecule has 0 bridgehead atoms. The second-order valence-electron chi connectivity index (χ2n) is 5.01. The van der Waals surface area contributed by atoms with E-state index >= 15 is 0 Å². The van der Waals surface area contributed by atoms with Gasteiger partial charge in [-0.3, -0.25) is 4.79 Å². The third-order valence-electron chi connectivity index (χ3n) is 3.75. The lowest BCUT2D eigenvalue weighted by Crippen LogP contribution is -2.46. The van der Waals surface area contributed by atoms with E-state index in [4.69, 9.17) is 10.5 Å². The lowest BCUT2D eigenvalue weighted by atomic mass is 9.79. The van der Waals surface area contributed by atoms with E-state index in [2.05, 4.69) is 21.2 Å². The highest BCUT2D eigenvalue weighted by atomic mass is 79.9. The van der Waals surface area contributed by atoms with E-state index in [1.165, 1.54) is 0 Å². The molecule has 0 saturated carbocycles. The van der Waals surface area contributed by atoms with Gasteiger partial charge in [-0.25, -0.2) is 0 Å². The quantitative estimate of drug-likeness (QED) is 0.896. The Kier molecular flexibility index (Phi) is 4.60. The van der Waals surface area contributed by atoms with Crippen LogP contribution >= 0.6 is 15.9 Å². The largest absolute Gasteiger partial charge is 0.381 e. The molecule has 0 atom stereocenters. The van der Waals surface area contributed by atoms with Crippen LogP contribution in [0.15, 0.2) is 22.7 Å². The number of nitrogens with two attached hydrogens (primary N) is 1. The van der Waals surface area contributed by atoms with E-state index in [0.29, 0.717) is 32.6 Å². The van der Waals surface area contributed by atoms with Crippen LogP contribution in [0.25, 0.3) is 0 Å². The Bertz CT molecular complexity index is 471. The Morgan fingerprint density at radius 1 is 1.47 bits per heavy atom. The van der Waals surface area contributed by atoms with Crippen LogP contribution in [0.3, 0.4) is 0 Å². The fraction of sp³-hybridized carbons (Fsp3) is 0.500. The SMILES string of the molecule is Cc1ccc(NC(=O)C2(CN)CCOCC2)cc1Br. The summed E-state index contributed by atoms with van der Waals surface area (Å²) in [7, 11) is 0. The van der Waals surface area contributed by atoms with Gasteiger partial charge in [0.05, 0.1) is 5.41 Å². The number of benzene rings is 1. The average molecular weight is 327 g/mol. The molecule has 0 aromatic heterocycles. The summed E-state index contributed by atoms with van der Waals surface area (Å²) in [6.07, 6.45) is 1.37. The van der Waals surface area contributed by atoms with Gasteiger partial charge in [0.1, 0.15) is 0 Å². The van der Waals surface area contributed by atoms with Gasteiger partial charge in [-0.05, 0) is 37.5 Å². The molecular weight excluding hydrogens is 308 g/mol. The van der Waals surface area contributed by atoms with Gasteiger partial charge in [-0.15, -0.1) is 0 Å². The first kappa shape index (κ1) is 14.5. The highest BCUT2D eigenvalue weighted by Crippen LogP contribution is 2.31. The number of hydrogen-bond acceptors (Lipinski definition) is 3. The minimum absolute atomic E-state index is 0.00551. The van der Waals surface area contributed by atoms with E-state index in [1.807, 2.05) is 25.1 Å². The monoisotopic (exact) mass is 326 g/mol. The maximum Gasteiger partial charge on any atom is 0.232 e. The van der Waals surface area contributed by atoms with Gasteiger partial charge in [-0.2, -0.15) is 0 Å². The molecule has 1 aromatic carbocycles. The smallest absolute Gasteiger partial charge is 0.232 e. The summed E-state index contributed by atoms with van der Waals surface area (Å²) >= 11 is 3.47. The normalized spacial score (nSPS) is 18.1. The molecule has 3 N–H and O–H groups in total. The van der Waals surface area contributed by atoms with Gasteiger partial charge in [0.15, 0.2) is 0 Å². The van der Waals surface area contributed by atoms with Crippen LogP contribution in [-0.4, -0.2) is 25.7 Å².